The molecule has 2 heterocycles. The van der Waals surface area contributed by atoms with E-state index < -0.39 is 0 Å². The minimum absolute atomic E-state index is 0.0591. The molecule has 0 bridgehead atoms. The summed E-state index contributed by atoms with van der Waals surface area (Å²) in [7, 11) is 0. The van der Waals surface area contributed by atoms with Crippen molar-refractivity contribution in [2.75, 3.05) is 36.4 Å². The van der Waals surface area contributed by atoms with E-state index in [0.717, 1.165) is 37.5 Å². The molecule has 5 nitrogen and oxygen atoms in total. The molecule has 2 amide bonds. The third kappa shape index (κ3) is 5.24. The van der Waals surface area contributed by atoms with Crippen molar-refractivity contribution in [3.05, 3.63) is 59.9 Å². The highest BCUT2D eigenvalue weighted by molar-refractivity contribution is 5.96. The predicted molar refractivity (Wildman–Crippen MR) is 121 cm³/mol. The van der Waals surface area contributed by atoms with Crippen molar-refractivity contribution in [3.63, 3.8) is 0 Å². The Morgan fingerprint density at radius 2 is 1.61 bits per heavy atom. The van der Waals surface area contributed by atoms with Crippen molar-refractivity contribution in [1.82, 2.24) is 4.90 Å². The van der Waals surface area contributed by atoms with Crippen molar-refractivity contribution < 1.29 is 14.0 Å². The molecule has 0 radical (unpaired) electrons. The van der Waals surface area contributed by atoms with Crippen LogP contribution in [0.25, 0.3) is 0 Å². The zero-order valence-corrected chi connectivity index (χ0v) is 18.0. The van der Waals surface area contributed by atoms with Crippen LogP contribution in [0.1, 0.15) is 43.0 Å². The number of carbonyl (C=O) groups is 2. The molecule has 2 fully saturated rings. The van der Waals surface area contributed by atoms with E-state index in [9.17, 15) is 14.0 Å². The fourth-order valence-electron chi connectivity index (χ4n) is 4.42. The Bertz CT molecular complexity index is 905. The van der Waals surface area contributed by atoms with Crippen molar-refractivity contribution in [2.24, 2.45) is 11.8 Å². The predicted octanol–water partition coefficient (Wildman–Crippen LogP) is 4.55. The third-order valence-electron chi connectivity index (χ3n) is 6.45. The molecule has 1 N–H and O–H groups in total. The van der Waals surface area contributed by atoms with Crippen LogP contribution in [-0.2, 0) is 4.79 Å². The largest absolute Gasteiger partial charge is 0.372 e. The lowest BCUT2D eigenvalue weighted by Crippen LogP contribution is -2.43. The lowest BCUT2D eigenvalue weighted by Gasteiger charge is -2.32. The molecule has 0 aliphatic carbocycles. The van der Waals surface area contributed by atoms with E-state index in [1.165, 1.54) is 42.8 Å². The Labute approximate surface area is 183 Å². The highest BCUT2D eigenvalue weighted by Gasteiger charge is 2.29. The SMILES string of the molecule is CC1CCN(c2ccc(NC(=O)C3CCCN(C(=O)c4ccc(F)cc4)C3)cc2)CC1. The maximum atomic E-state index is 13.1. The number of hydrogen-bond donors (Lipinski definition) is 1. The molecule has 2 saturated heterocycles. The first-order valence-electron chi connectivity index (χ1n) is 11.2. The first-order valence-corrected chi connectivity index (χ1v) is 11.2. The van der Waals surface area contributed by atoms with Crippen molar-refractivity contribution in [3.8, 4) is 0 Å². The first-order chi connectivity index (χ1) is 15.0. The van der Waals surface area contributed by atoms with Crippen molar-refractivity contribution in [1.29, 1.82) is 0 Å². The second-order valence-corrected chi connectivity index (χ2v) is 8.80. The first kappa shape index (κ1) is 21.3. The molecule has 0 aromatic heterocycles. The van der Waals surface area contributed by atoms with Crippen LogP contribution in [0.3, 0.4) is 0 Å². The van der Waals surface area contributed by atoms with Crippen molar-refractivity contribution in [2.45, 2.75) is 32.6 Å². The molecule has 1 unspecified atom stereocenters. The maximum Gasteiger partial charge on any atom is 0.253 e. The molecule has 0 saturated carbocycles. The van der Waals surface area contributed by atoms with Gasteiger partial charge in [0.1, 0.15) is 5.82 Å². The van der Waals surface area contributed by atoms with E-state index in [0.29, 0.717) is 18.7 Å². The van der Waals surface area contributed by atoms with Crippen molar-refractivity contribution >= 4 is 23.2 Å². The van der Waals surface area contributed by atoms with Gasteiger partial charge in [-0.1, -0.05) is 6.92 Å². The summed E-state index contributed by atoms with van der Waals surface area (Å²) in [5, 5.41) is 3.01. The zero-order valence-electron chi connectivity index (χ0n) is 18.0. The number of nitrogens with one attached hydrogen (secondary N) is 1. The Morgan fingerprint density at radius 1 is 0.935 bits per heavy atom. The highest BCUT2D eigenvalue weighted by Crippen LogP contribution is 2.25. The van der Waals surface area contributed by atoms with Gasteiger partial charge >= 0.3 is 0 Å². The van der Waals surface area contributed by atoms with E-state index in [4.69, 9.17) is 0 Å². The van der Waals surface area contributed by atoms with Crippen LogP contribution in [-0.4, -0.2) is 42.9 Å². The summed E-state index contributed by atoms with van der Waals surface area (Å²) in [5.74, 6) is -0.0385. The van der Waals surface area contributed by atoms with E-state index in [1.807, 2.05) is 12.1 Å². The fraction of sp³-hybridized carbons (Fsp3) is 0.440. The summed E-state index contributed by atoms with van der Waals surface area (Å²) in [6, 6.07) is 13.6. The topological polar surface area (TPSA) is 52.7 Å². The number of hydrogen-bond acceptors (Lipinski definition) is 3. The molecule has 164 valence electrons. The number of halogens is 1. The molecule has 2 aromatic carbocycles. The summed E-state index contributed by atoms with van der Waals surface area (Å²) < 4.78 is 13.1. The molecule has 0 spiro atoms. The minimum Gasteiger partial charge on any atom is -0.372 e. The second kappa shape index (κ2) is 9.50. The molecular formula is C25H30FN3O2. The van der Waals surface area contributed by atoms with Gasteiger partial charge in [0.05, 0.1) is 5.92 Å². The van der Waals surface area contributed by atoms with Gasteiger partial charge in [0, 0.05) is 43.1 Å². The van der Waals surface area contributed by atoms with Crippen LogP contribution >= 0.6 is 0 Å². The highest BCUT2D eigenvalue weighted by atomic mass is 19.1. The molecular weight excluding hydrogens is 393 g/mol. The van der Waals surface area contributed by atoms with E-state index in [1.54, 1.807) is 4.90 Å². The van der Waals surface area contributed by atoms with E-state index in [2.05, 4.69) is 29.3 Å². The van der Waals surface area contributed by atoms with E-state index in [-0.39, 0.29) is 23.5 Å². The lowest BCUT2D eigenvalue weighted by atomic mass is 9.96. The number of rotatable bonds is 4. The number of anilines is 2. The second-order valence-electron chi connectivity index (χ2n) is 8.80. The molecule has 2 aliphatic rings. The van der Waals surface area contributed by atoms with Crippen LogP contribution in [0, 0.1) is 17.7 Å². The molecule has 2 aromatic rings. The minimum atomic E-state index is -0.367. The summed E-state index contributed by atoms with van der Waals surface area (Å²) in [6.07, 6.45) is 3.96. The molecule has 4 rings (SSSR count). The molecule has 31 heavy (non-hydrogen) atoms. The number of nitrogens with zero attached hydrogens (tertiary/aromatic N) is 2. The Kier molecular flexibility index (Phi) is 6.54. The van der Waals surface area contributed by atoms with Gasteiger partial charge in [-0.2, -0.15) is 0 Å². The van der Waals surface area contributed by atoms with Gasteiger partial charge in [0.25, 0.3) is 5.91 Å². The van der Waals surface area contributed by atoms with Gasteiger partial charge in [-0.05, 0) is 80.1 Å². The average molecular weight is 424 g/mol. The number of amides is 2. The van der Waals surface area contributed by atoms with Gasteiger partial charge in [0.2, 0.25) is 5.91 Å². The van der Waals surface area contributed by atoms with Gasteiger partial charge < -0.3 is 15.1 Å². The van der Waals surface area contributed by atoms with Crippen LogP contribution in [0.4, 0.5) is 15.8 Å². The number of likely N-dealkylation sites (tertiary alicyclic amines) is 1. The standard InChI is InChI=1S/C25H30FN3O2/c1-18-12-15-28(16-13-18)23-10-8-22(9-11-23)27-24(30)20-3-2-14-29(17-20)25(31)19-4-6-21(26)7-5-19/h4-11,18,20H,2-3,12-17H2,1H3,(H,27,30). The van der Waals surface area contributed by atoms with Gasteiger partial charge in [-0.15, -0.1) is 0 Å². The van der Waals surface area contributed by atoms with Gasteiger partial charge in [-0.25, -0.2) is 4.39 Å². The number of benzene rings is 2. The molecule has 1 atom stereocenters. The van der Waals surface area contributed by atoms with Crippen LogP contribution in [0.15, 0.2) is 48.5 Å². The Balaban J connectivity index is 1.33. The summed E-state index contributed by atoms with van der Waals surface area (Å²) in [6.45, 7) is 5.45. The Hall–Kier alpha value is -2.89. The maximum absolute atomic E-state index is 13.1. The third-order valence-corrected chi connectivity index (χ3v) is 6.45. The molecule has 6 heteroatoms. The normalized spacial score (nSPS) is 19.9. The van der Waals surface area contributed by atoms with Crippen LogP contribution in [0.2, 0.25) is 0 Å². The monoisotopic (exact) mass is 423 g/mol. The van der Waals surface area contributed by atoms with Gasteiger partial charge in [0.15, 0.2) is 0 Å². The zero-order chi connectivity index (χ0) is 21.8. The quantitative estimate of drug-likeness (QED) is 0.785. The Morgan fingerprint density at radius 3 is 2.29 bits per heavy atom. The van der Waals surface area contributed by atoms with Crippen LogP contribution in [0.5, 0.6) is 0 Å². The summed E-state index contributed by atoms with van der Waals surface area (Å²) >= 11 is 0. The average Bonchev–Trinajstić information content (AvgIpc) is 2.80. The van der Waals surface area contributed by atoms with Gasteiger partial charge in [-0.3, -0.25) is 9.59 Å². The molecule has 2 aliphatic heterocycles. The van der Waals surface area contributed by atoms with Crippen LogP contribution < -0.4 is 10.2 Å². The number of carbonyl (C=O) groups excluding carboxylic acids is 2. The fourth-order valence-corrected chi connectivity index (χ4v) is 4.42. The summed E-state index contributed by atoms with van der Waals surface area (Å²) in [5.41, 5.74) is 2.42. The number of piperidine rings is 2. The summed E-state index contributed by atoms with van der Waals surface area (Å²) in [4.78, 5) is 29.6. The smallest absolute Gasteiger partial charge is 0.253 e. The lowest BCUT2D eigenvalue weighted by molar-refractivity contribution is -0.121. The van der Waals surface area contributed by atoms with E-state index >= 15 is 0 Å².